The number of nitrogens with zero attached hydrogens (tertiary/aromatic N) is 1. The first kappa shape index (κ1) is 21.5. The normalized spacial score (nSPS) is 12.9. The zero-order chi connectivity index (χ0) is 21.1. The number of carbonyl (C=O) groups excluding carboxylic acids is 1. The Labute approximate surface area is 162 Å². The highest BCUT2D eigenvalue weighted by Gasteiger charge is 2.23. The van der Waals surface area contributed by atoms with Crippen molar-refractivity contribution in [1.29, 1.82) is 5.26 Å². The molecular formula is C19H19F2N3O3S. The second-order valence-corrected chi connectivity index (χ2v) is 8.76. The van der Waals surface area contributed by atoms with Crippen molar-refractivity contribution in [3.63, 3.8) is 0 Å². The van der Waals surface area contributed by atoms with E-state index in [2.05, 4.69) is 10.0 Å². The van der Waals surface area contributed by atoms with E-state index in [9.17, 15) is 27.3 Å². The second-order valence-electron chi connectivity index (χ2n) is 7.08. The largest absolute Gasteiger partial charge is 0.332 e. The lowest BCUT2D eigenvalue weighted by atomic mass is 10.1. The van der Waals surface area contributed by atoms with Gasteiger partial charge in [0.1, 0.15) is 17.7 Å². The number of hydrogen-bond donors (Lipinski definition) is 2. The highest BCUT2D eigenvalue weighted by Crippen LogP contribution is 2.19. The highest BCUT2D eigenvalue weighted by atomic mass is 32.2. The Morgan fingerprint density at radius 1 is 1.11 bits per heavy atom. The van der Waals surface area contributed by atoms with Crippen LogP contribution >= 0.6 is 0 Å². The van der Waals surface area contributed by atoms with Gasteiger partial charge in [-0.15, -0.1) is 0 Å². The molecular weight excluding hydrogens is 388 g/mol. The molecule has 0 saturated heterocycles. The maximum atomic E-state index is 13.8. The summed E-state index contributed by atoms with van der Waals surface area (Å²) < 4.78 is 53.9. The minimum absolute atomic E-state index is 0.0274. The van der Waals surface area contributed by atoms with Crippen molar-refractivity contribution >= 4 is 15.9 Å². The molecule has 2 rings (SSSR count). The van der Waals surface area contributed by atoms with Crippen LogP contribution in [-0.2, 0) is 10.0 Å². The third-order valence-electron chi connectivity index (χ3n) is 3.55. The SMILES string of the molecule is CC(C)(C)NS(=O)(=O)c1ccc(C(=O)NC(C#N)c2ccc(F)cc2F)cc1. The third kappa shape index (κ3) is 5.34. The van der Waals surface area contributed by atoms with Crippen molar-refractivity contribution in [2.24, 2.45) is 0 Å². The van der Waals surface area contributed by atoms with Crippen molar-refractivity contribution in [3.8, 4) is 6.07 Å². The van der Waals surface area contributed by atoms with Gasteiger partial charge >= 0.3 is 0 Å². The summed E-state index contributed by atoms with van der Waals surface area (Å²) >= 11 is 0. The molecule has 1 amide bonds. The lowest BCUT2D eigenvalue weighted by molar-refractivity contribution is 0.0944. The van der Waals surface area contributed by atoms with E-state index in [1.165, 1.54) is 24.3 Å². The van der Waals surface area contributed by atoms with E-state index >= 15 is 0 Å². The molecule has 1 atom stereocenters. The topological polar surface area (TPSA) is 99.1 Å². The van der Waals surface area contributed by atoms with Gasteiger partial charge in [-0.2, -0.15) is 5.26 Å². The minimum atomic E-state index is -3.76. The van der Waals surface area contributed by atoms with Gasteiger partial charge in [0.05, 0.1) is 11.0 Å². The lowest BCUT2D eigenvalue weighted by Crippen LogP contribution is -2.40. The summed E-state index contributed by atoms with van der Waals surface area (Å²) in [5.41, 5.74) is -0.767. The first-order valence-electron chi connectivity index (χ1n) is 8.22. The molecule has 0 aliphatic heterocycles. The summed E-state index contributed by atoms with van der Waals surface area (Å²) in [6.45, 7) is 5.09. The summed E-state index contributed by atoms with van der Waals surface area (Å²) in [5, 5.41) is 11.5. The molecule has 0 aliphatic rings. The van der Waals surface area contributed by atoms with Crippen LogP contribution in [0.15, 0.2) is 47.4 Å². The molecule has 0 spiro atoms. The maximum absolute atomic E-state index is 13.8. The predicted octanol–water partition coefficient (Wildman–Crippen LogP) is 3.04. The number of carbonyl (C=O) groups is 1. The van der Waals surface area contributed by atoms with Gasteiger partial charge in [0.2, 0.25) is 10.0 Å². The van der Waals surface area contributed by atoms with Gasteiger partial charge in [-0.3, -0.25) is 4.79 Å². The van der Waals surface area contributed by atoms with Crippen LogP contribution in [0, 0.1) is 23.0 Å². The third-order valence-corrected chi connectivity index (χ3v) is 5.32. The molecule has 6 nitrogen and oxygen atoms in total. The average molecular weight is 407 g/mol. The Morgan fingerprint density at radius 2 is 1.71 bits per heavy atom. The average Bonchev–Trinajstić information content (AvgIpc) is 2.58. The van der Waals surface area contributed by atoms with Gasteiger partial charge in [0.15, 0.2) is 0 Å². The number of nitriles is 1. The fourth-order valence-corrected chi connectivity index (χ4v) is 3.80. The van der Waals surface area contributed by atoms with Crippen LogP contribution in [-0.4, -0.2) is 19.9 Å². The second kappa shape index (κ2) is 8.04. The quantitative estimate of drug-likeness (QED) is 0.796. The smallest absolute Gasteiger partial charge is 0.252 e. The fourth-order valence-electron chi connectivity index (χ4n) is 2.38. The van der Waals surface area contributed by atoms with Crippen LogP contribution in [0.5, 0.6) is 0 Å². The van der Waals surface area contributed by atoms with E-state index in [4.69, 9.17) is 0 Å². The van der Waals surface area contributed by atoms with Crippen molar-refractivity contribution in [2.45, 2.75) is 37.2 Å². The Hall–Kier alpha value is -2.83. The monoisotopic (exact) mass is 407 g/mol. The van der Waals surface area contributed by atoms with Crippen LogP contribution < -0.4 is 10.0 Å². The molecule has 2 aromatic carbocycles. The number of halogens is 2. The fraction of sp³-hybridized carbons (Fsp3) is 0.263. The molecule has 0 bridgehead atoms. The van der Waals surface area contributed by atoms with E-state index in [0.29, 0.717) is 6.07 Å². The van der Waals surface area contributed by atoms with Crippen LogP contribution in [0.3, 0.4) is 0 Å². The molecule has 0 heterocycles. The molecule has 2 aromatic rings. The Morgan fingerprint density at radius 3 is 2.21 bits per heavy atom. The Kier molecular flexibility index (Phi) is 6.17. The van der Waals surface area contributed by atoms with Crippen LogP contribution in [0.4, 0.5) is 8.78 Å². The van der Waals surface area contributed by atoms with Gasteiger partial charge in [0.25, 0.3) is 5.91 Å². The number of hydrogen-bond acceptors (Lipinski definition) is 4. The van der Waals surface area contributed by atoms with Gasteiger partial charge < -0.3 is 5.32 Å². The number of sulfonamides is 1. The van der Waals surface area contributed by atoms with E-state index in [0.717, 1.165) is 12.1 Å². The van der Waals surface area contributed by atoms with Crippen LogP contribution in [0.1, 0.15) is 42.7 Å². The first-order chi connectivity index (χ1) is 12.9. The first-order valence-corrected chi connectivity index (χ1v) is 9.71. The number of amides is 1. The molecule has 1 unspecified atom stereocenters. The minimum Gasteiger partial charge on any atom is -0.332 e. The summed E-state index contributed by atoms with van der Waals surface area (Å²) in [6, 6.07) is 8.15. The Bertz CT molecular complexity index is 1020. The zero-order valence-electron chi connectivity index (χ0n) is 15.5. The summed E-state index contributed by atoms with van der Waals surface area (Å²) in [7, 11) is -3.76. The van der Waals surface area contributed by atoms with E-state index < -0.39 is 39.1 Å². The molecule has 148 valence electrons. The Balaban J connectivity index is 2.19. The summed E-state index contributed by atoms with van der Waals surface area (Å²) in [5.74, 6) is -2.46. The van der Waals surface area contributed by atoms with Crippen molar-refractivity contribution in [2.75, 3.05) is 0 Å². The van der Waals surface area contributed by atoms with Crippen LogP contribution in [0.25, 0.3) is 0 Å². The predicted molar refractivity (Wildman–Crippen MR) is 98.7 cm³/mol. The molecule has 0 aromatic heterocycles. The van der Waals surface area contributed by atoms with Gasteiger partial charge in [-0.25, -0.2) is 21.9 Å². The molecule has 9 heteroatoms. The van der Waals surface area contributed by atoms with E-state index in [-0.39, 0.29) is 16.0 Å². The summed E-state index contributed by atoms with van der Waals surface area (Å²) in [4.78, 5) is 12.3. The molecule has 0 saturated carbocycles. The van der Waals surface area contributed by atoms with Gasteiger partial charge in [0, 0.05) is 22.7 Å². The number of nitrogens with one attached hydrogen (secondary N) is 2. The zero-order valence-corrected chi connectivity index (χ0v) is 16.3. The molecule has 0 radical (unpaired) electrons. The lowest BCUT2D eigenvalue weighted by Gasteiger charge is -2.20. The molecule has 2 N–H and O–H groups in total. The standard InChI is InChI=1S/C19H19F2N3O3S/c1-19(2,3)24-28(26,27)14-7-4-12(5-8-14)18(25)23-17(11-22)15-9-6-13(20)10-16(15)21/h4-10,17,24H,1-3H3,(H,23,25). The number of rotatable bonds is 5. The maximum Gasteiger partial charge on any atom is 0.252 e. The van der Waals surface area contributed by atoms with Gasteiger partial charge in [-0.1, -0.05) is 6.07 Å². The molecule has 28 heavy (non-hydrogen) atoms. The molecule has 0 aliphatic carbocycles. The summed E-state index contributed by atoms with van der Waals surface area (Å²) in [6.07, 6.45) is 0. The molecule has 0 fully saturated rings. The van der Waals surface area contributed by atoms with Crippen LogP contribution in [0.2, 0.25) is 0 Å². The van der Waals surface area contributed by atoms with Crippen molar-refractivity contribution < 1.29 is 22.0 Å². The van der Waals surface area contributed by atoms with E-state index in [1.54, 1.807) is 26.8 Å². The highest BCUT2D eigenvalue weighted by molar-refractivity contribution is 7.89. The number of benzene rings is 2. The van der Waals surface area contributed by atoms with E-state index in [1.807, 2.05) is 0 Å². The van der Waals surface area contributed by atoms with Crippen molar-refractivity contribution in [1.82, 2.24) is 10.0 Å². The van der Waals surface area contributed by atoms with Gasteiger partial charge in [-0.05, 0) is 51.1 Å². The van der Waals surface area contributed by atoms with Crippen molar-refractivity contribution in [3.05, 3.63) is 65.2 Å².